The maximum atomic E-state index is 15.1. The molecule has 0 saturated carbocycles. The molecule has 9 nitrogen and oxygen atoms in total. The Balaban J connectivity index is 1.59. The number of sulfone groups is 1. The summed E-state index contributed by atoms with van der Waals surface area (Å²) in [6.45, 7) is 4.19. The zero-order valence-electron chi connectivity index (χ0n) is 22.2. The molecule has 3 aromatic rings. The molecule has 0 bridgehead atoms. The van der Waals surface area contributed by atoms with Crippen molar-refractivity contribution in [2.75, 3.05) is 31.8 Å². The predicted octanol–water partition coefficient (Wildman–Crippen LogP) is 3.43. The van der Waals surface area contributed by atoms with Crippen molar-refractivity contribution in [3.8, 4) is 16.9 Å². The molecule has 2 aromatic carbocycles. The van der Waals surface area contributed by atoms with Crippen LogP contribution in [0.25, 0.3) is 11.1 Å². The minimum absolute atomic E-state index is 0.0735. The van der Waals surface area contributed by atoms with Crippen molar-refractivity contribution in [1.29, 1.82) is 0 Å². The molecule has 2 N–H and O–H groups in total. The minimum atomic E-state index is -3.77. The van der Waals surface area contributed by atoms with E-state index in [1.54, 1.807) is 38.1 Å². The summed E-state index contributed by atoms with van der Waals surface area (Å²) in [6, 6.07) is 11.4. The fraction of sp³-hybridized carbons (Fsp3) is 0.321. The number of aromatic nitrogens is 1. The third-order valence-electron chi connectivity index (χ3n) is 6.69. The van der Waals surface area contributed by atoms with E-state index in [1.807, 2.05) is 24.3 Å². The lowest BCUT2D eigenvalue weighted by Gasteiger charge is -2.22. The highest BCUT2D eigenvalue weighted by atomic mass is 32.2. The van der Waals surface area contributed by atoms with Crippen molar-refractivity contribution < 1.29 is 27.1 Å². The van der Waals surface area contributed by atoms with Gasteiger partial charge in [-0.2, -0.15) is 0 Å². The van der Waals surface area contributed by atoms with Gasteiger partial charge in [-0.25, -0.2) is 17.8 Å². The number of ether oxygens (including phenoxy) is 1. The molecule has 11 heteroatoms. The summed E-state index contributed by atoms with van der Waals surface area (Å²) >= 11 is 0. The number of anilines is 1. The fourth-order valence-electron chi connectivity index (χ4n) is 4.35. The number of amides is 2. The Bertz CT molecular complexity index is 1510. The molecule has 1 atom stereocenters. The fourth-order valence-corrected chi connectivity index (χ4v) is 5.12. The Morgan fingerprint density at radius 1 is 1.15 bits per heavy atom. The summed E-state index contributed by atoms with van der Waals surface area (Å²) in [6.07, 6.45) is 2.76. The Labute approximate surface area is 227 Å². The van der Waals surface area contributed by atoms with E-state index in [1.165, 1.54) is 6.07 Å². The molecule has 1 unspecified atom stereocenters. The largest absolute Gasteiger partial charge is 0.491 e. The molecule has 2 heterocycles. The Hall–Kier alpha value is -3.83. The molecule has 2 amide bonds. The standard InChI is InChI=1S/C28H31FN4O5S/c1-5-21-22(8-10-24(26(21)29)39(4,36)37)28(35)33-12-13-38-23-9-6-18(14-20(23)16-33)19-7-11-25(31-15-19)32-27(34)17(2)30-3/h6-11,14-15,17,30H,5,12-13,16H2,1-4H3,(H,31,32,34). The highest BCUT2D eigenvalue weighted by Gasteiger charge is 2.27. The quantitative estimate of drug-likeness (QED) is 0.460. The van der Waals surface area contributed by atoms with Crippen molar-refractivity contribution in [2.24, 2.45) is 0 Å². The van der Waals surface area contributed by atoms with Gasteiger partial charge in [0, 0.05) is 41.3 Å². The molecule has 0 radical (unpaired) electrons. The highest BCUT2D eigenvalue weighted by Crippen LogP contribution is 2.31. The van der Waals surface area contributed by atoms with E-state index in [9.17, 15) is 18.0 Å². The van der Waals surface area contributed by atoms with E-state index in [4.69, 9.17) is 4.74 Å². The topological polar surface area (TPSA) is 118 Å². The predicted molar refractivity (Wildman–Crippen MR) is 146 cm³/mol. The van der Waals surface area contributed by atoms with Crippen LogP contribution in [0.15, 0.2) is 53.6 Å². The van der Waals surface area contributed by atoms with Crippen LogP contribution in [0.5, 0.6) is 5.75 Å². The van der Waals surface area contributed by atoms with Gasteiger partial charge in [0.15, 0.2) is 9.84 Å². The van der Waals surface area contributed by atoms with Gasteiger partial charge in [-0.1, -0.05) is 13.0 Å². The lowest BCUT2D eigenvalue weighted by Crippen LogP contribution is -2.35. The summed E-state index contributed by atoms with van der Waals surface area (Å²) in [4.78, 5) is 31.1. The minimum Gasteiger partial charge on any atom is -0.491 e. The third kappa shape index (κ3) is 6.10. The van der Waals surface area contributed by atoms with E-state index in [0.29, 0.717) is 11.6 Å². The van der Waals surface area contributed by atoms with Crippen LogP contribution < -0.4 is 15.4 Å². The molecular weight excluding hydrogens is 523 g/mol. The van der Waals surface area contributed by atoms with Gasteiger partial charge >= 0.3 is 0 Å². The maximum Gasteiger partial charge on any atom is 0.254 e. The number of carbonyl (C=O) groups is 2. The number of rotatable bonds is 7. The average molecular weight is 555 g/mol. The number of nitrogens with zero attached hydrogens (tertiary/aromatic N) is 2. The first-order valence-corrected chi connectivity index (χ1v) is 14.4. The first-order chi connectivity index (χ1) is 18.5. The van der Waals surface area contributed by atoms with Gasteiger partial charge in [0.05, 0.1) is 12.6 Å². The number of hydrogen-bond acceptors (Lipinski definition) is 7. The van der Waals surface area contributed by atoms with Crippen molar-refractivity contribution in [1.82, 2.24) is 15.2 Å². The number of hydrogen-bond donors (Lipinski definition) is 2. The smallest absolute Gasteiger partial charge is 0.254 e. The lowest BCUT2D eigenvalue weighted by atomic mass is 10.0. The molecular formula is C28H31FN4O5S. The van der Waals surface area contributed by atoms with Crippen LogP contribution in [0.3, 0.4) is 0 Å². The number of halogens is 1. The van der Waals surface area contributed by atoms with Crippen molar-refractivity contribution >= 4 is 27.5 Å². The second-order valence-corrected chi connectivity index (χ2v) is 11.3. The summed E-state index contributed by atoms with van der Waals surface area (Å²) < 4.78 is 44.9. The second kappa shape index (κ2) is 11.5. The monoisotopic (exact) mass is 554 g/mol. The van der Waals surface area contributed by atoms with Crippen LogP contribution in [0.4, 0.5) is 10.2 Å². The number of pyridine rings is 1. The maximum absolute atomic E-state index is 15.1. The zero-order chi connectivity index (χ0) is 28.3. The number of likely N-dealkylation sites (N-methyl/N-ethyl adjacent to an activating group) is 1. The van der Waals surface area contributed by atoms with E-state index in [-0.39, 0.29) is 49.2 Å². The van der Waals surface area contributed by atoms with Gasteiger partial charge in [-0.15, -0.1) is 0 Å². The van der Waals surface area contributed by atoms with Crippen LogP contribution in [-0.2, 0) is 27.6 Å². The highest BCUT2D eigenvalue weighted by molar-refractivity contribution is 7.90. The van der Waals surface area contributed by atoms with E-state index in [2.05, 4.69) is 15.6 Å². The average Bonchev–Trinajstić information content (AvgIpc) is 3.13. The van der Waals surface area contributed by atoms with Crippen LogP contribution in [0, 0.1) is 5.82 Å². The Kier molecular flexibility index (Phi) is 8.31. The third-order valence-corrected chi connectivity index (χ3v) is 7.81. The van der Waals surface area contributed by atoms with Crippen LogP contribution in [-0.4, -0.2) is 62.6 Å². The summed E-state index contributed by atoms with van der Waals surface area (Å²) in [7, 11) is -2.07. The molecule has 4 rings (SSSR count). The van der Waals surface area contributed by atoms with E-state index >= 15 is 4.39 Å². The van der Waals surface area contributed by atoms with E-state index < -0.39 is 26.5 Å². The molecule has 1 aliphatic rings. The summed E-state index contributed by atoms with van der Waals surface area (Å²) in [5.41, 5.74) is 2.63. The number of nitrogens with one attached hydrogen (secondary N) is 2. The van der Waals surface area contributed by atoms with Crippen molar-refractivity contribution in [3.05, 3.63) is 71.2 Å². The normalized spacial score (nSPS) is 14.1. The van der Waals surface area contributed by atoms with Gasteiger partial charge < -0.3 is 20.3 Å². The second-order valence-electron chi connectivity index (χ2n) is 9.36. The Morgan fingerprint density at radius 3 is 2.54 bits per heavy atom. The zero-order valence-corrected chi connectivity index (χ0v) is 23.1. The van der Waals surface area contributed by atoms with Crippen LogP contribution >= 0.6 is 0 Å². The van der Waals surface area contributed by atoms with Gasteiger partial charge in [-0.05, 0) is 62.4 Å². The summed E-state index contributed by atoms with van der Waals surface area (Å²) in [5, 5.41) is 5.62. The van der Waals surface area contributed by atoms with Crippen LogP contribution in [0.1, 0.15) is 35.3 Å². The van der Waals surface area contributed by atoms with Crippen molar-refractivity contribution in [3.63, 3.8) is 0 Å². The number of carbonyl (C=O) groups excluding carboxylic acids is 2. The van der Waals surface area contributed by atoms with Crippen molar-refractivity contribution in [2.45, 2.75) is 37.8 Å². The summed E-state index contributed by atoms with van der Waals surface area (Å²) in [5.74, 6) is -0.401. The van der Waals surface area contributed by atoms with Gasteiger partial charge in [0.25, 0.3) is 5.91 Å². The lowest BCUT2D eigenvalue weighted by molar-refractivity contribution is -0.117. The molecule has 0 spiro atoms. The molecule has 1 aromatic heterocycles. The van der Waals surface area contributed by atoms with E-state index in [0.717, 1.165) is 29.0 Å². The molecule has 1 aliphatic heterocycles. The number of fused-ring (bicyclic) bond motifs is 1. The molecule has 39 heavy (non-hydrogen) atoms. The Morgan fingerprint density at radius 2 is 1.90 bits per heavy atom. The van der Waals surface area contributed by atoms with Crippen LogP contribution in [0.2, 0.25) is 0 Å². The first kappa shape index (κ1) is 28.2. The number of benzene rings is 2. The molecule has 0 saturated heterocycles. The molecule has 0 aliphatic carbocycles. The van der Waals surface area contributed by atoms with Gasteiger partial charge in [0.2, 0.25) is 5.91 Å². The molecule has 206 valence electrons. The molecule has 0 fully saturated rings. The van der Waals surface area contributed by atoms with Gasteiger partial charge in [0.1, 0.15) is 28.9 Å². The SMILES string of the molecule is CCc1c(C(=O)N2CCOc3ccc(-c4ccc(NC(=O)C(C)NC)nc4)cc3C2)ccc(S(C)(=O)=O)c1F. The van der Waals surface area contributed by atoms with Gasteiger partial charge in [-0.3, -0.25) is 9.59 Å². The first-order valence-electron chi connectivity index (χ1n) is 12.5.